The third-order valence-corrected chi connectivity index (χ3v) is 4.59. The molecule has 7 heteroatoms. The molecule has 0 spiro atoms. The lowest BCUT2D eigenvalue weighted by Gasteiger charge is -2.26. The van der Waals surface area contributed by atoms with E-state index in [-0.39, 0.29) is 5.95 Å². The van der Waals surface area contributed by atoms with E-state index in [1.807, 2.05) is 0 Å². The molecule has 0 aliphatic carbocycles. The molecule has 2 aromatic rings. The number of nitrogens with zero attached hydrogens (tertiary/aromatic N) is 4. The van der Waals surface area contributed by atoms with Crippen molar-refractivity contribution in [3.63, 3.8) is 0 Å². The third kappa shape index (κ3) is 3.41. The Balaban J connectivity index is 1.73. The minimum absolute atomic E-state index is 0.273. The van der Waals surface area contributed by atoms with E-state index in [1.165, 1.54) is 30.4 Å². The van der Waals surface area contributed by atoms with Crippen molar-refractivity contribution in [2.75, 3.05) is 29.0 Å². The molecule has 0 radical (unpaired) electrons. The number of aryl methyl sites for hydroxylation is 1. The third-order valence-electron chi connectivity index (χ3n) is 3.68. The minimum Gasteiger partial charge on any atom is -0.368 e. The molecular weight excluding hydrogens is 284 g/mol. The monoisotopic (exact) mass is 304 g/mol. The van der Waals surface area contributed by atoms with Gasteiger partial charge < -0.3 is 16.0 Å². The summed E-state index contributed by atoms with van der Waals surface area (Å²) in [4.78, 5) is 15.1. The predicted octanol–water partition coefficient (Wildman–Crippen LogP) is 2.43. The molecule has 6 nitrogen and oxygen atoms in total. The van der Waals surface area contributed by atoms with Crippen LogP contribution in [0.1, 0.15) is 30.4 Å². The lowest BCUT2D eigenvalue weighted by molar-refractivity contribution is 0.568. The zero-order valence-electron chi connectivity index (χ0n) is 12.2. The van der Waals surface area contributed by atoms with Crippen LogP contribution in [0.15, 0.2) is 10.8 Å². The molecule has 1 aliphatic rings. The summed E-state index contributed by atoms with van der Waals surface area (Å²) in [6, 6.07) is 0. The Morgan fingerprint density at radius 1 is 1.19 bits per heavy atom. The summed E-state index contributed by atoms with van der Waals surface area (Å²) < 4.78 is 0. The number of hydrogen-bond donors (Lipinski definition) is 2. The fraction of sp³-hybridized carbons (Fsp3) is 0.500. The first-order valence-corrected chi connectivity index (χ1v) is 8.19. The molecule has 1 fully saturated rings. The van der Waals surface area contributed by atoms with E-state index in [4.69, 9.17) is 5.73 Å². The Morgan fingerprint density at radius 3 is 2.71 bits per heavy atom. The topological polar surface area (TPSA) is 80.0 Å². The highest BCUT2D eigenvalue weighted by Crippen LogP contribution is 2.19. The molecule has 0 atom stereocenters. The fourth-order valence-corrected chi connectivity index (χ4v) is 3.29. The van der Waals surface area contributed by atoms with E-state index in [9.17, 15) is 0 Å². The van der Waals surface area contributed by atoms with Crippen molar-refractivity contribution in [2.45, 2.75) is 32.7 Å². The molecule has 3 rings (SSSR count). The summed E-state index contributed by atoms with van der Waals surface area (Å²) in [5, 5.41) is 7.52. The van der Waals surface area contributed by atoms with Gasteiger partial charge in [0.25, 0.3) is 0 Å². The molecule has 21 heavy (non-hydrogen) atoms. The second kappa shape index (κ2) is 6.26. The lowest BCUT2D eigenvalue weighted by Crippen LogP contribution is -2.31. The Morgan fingerprint density at radius 2 is 2.00 bits per heavy atom. The molecule has 1 saturated heterocycles. The standard InChI is InChI=1S/C14H20N6S/c1-10-8-21-9-11(10)7-16-13-17-12(15)18-14(19-13)20-5-3-2-4-6-20/h8-9H,2-7H2,1H3,(H3,15,16,17,18,19). The molecule has 3 heterocycles. The molecular formula is C14H20N6S. The van der Waals surface area contributed by atoms with Gasteiger partial charge in [-0.1, -0.05) is 0 Å². The maximum Gasteiger partial charge on any atom is 0.231 e. The molecule has 112 valence electrons. The second-order valence-corrected chi connectivity index (χ2v) is 6.04. The largest absolute Gasteiger partial charge is 0.368 e. The molecule has 3 N–H and O–H groups in total. The second-order valence-electron chi connectivity index (χ2n) is 5.30. The zero-order valence-corrected chi connectivity index (χ0v) is 13.0. The van der Waals surface area contributed by atoms with Crippen LogP contribution in [0.2, 0.25) is 0 Å². The van der Waals surface area contributed by atoms with Gasteiger partial charge in [0.2, 0.25) is 17.8 Å². The van der Waals surface area contributed by atoms with Crippen LogP contribution in [-0.4, -0.2) is 28.0 Å². The highest BCUT2D eigenvalue weighted by atomic mass is 32.1. The van der Waals surface area contributed by atoms with Crippen molar-refractivity contribution in [3.05, 3.63) is 21.9 Å². The van der Waals surface area contributed by atoms with Gasteiger partial charge in [0.05, 0.1) is 0 Å². The number of anilines is 3. The van der Waals surface area contributed by atoms with Gasteiger partial charge in [-0.15, -0.1) is 0 Å². The van der Waals surface area contributed by atoms with Crippen molar-refractivity contribution < 1.29 is 0 Å². The predicted molar refractivity (Wildman–Crippen MR) is 86.7 cm³/mol. The number of aromatic nitrogens is 3. The maximum atomic E-state index is 5.82. The molecule has 0 amide bonds. The van der Waals surface area contributed by atoms with Gasteiger partial charge in [0.1, 0.15) is 0 Å². The lowest BCUT2D eigenvalue weighted by atomic mass is 10.1. The molecule has 0 saturated carbocycles. The number of rotatable bonds is 4. The van der Waals surface area contributed by atoms with E-state index >= 15 is 0 Å². The van der Waals surface area contributed by atoms with Crippen LogP contribution in [0.4, 0.5) is 17.8 Å². The summed E-state index contributed by atoms with van der Waals surface area (Å²) in [6.45, 7) is 4.80. The highest BCUT2D eigenvalue weighted by molar-refractivity contribution is 7.08. The first-order valence-electron chi connectivity index (χ1n) is 7.24. The summed E-state index contributed by atoms with van der Waals surface area (Å²) in [6.07, 6.45) is 3.64. The van der Waals surface area contributed by atoms with Gasteiger partial charge in [-0.3, -0.25) is 0 Å². The first-order chi connectivity index (χ1) is 10.2. The number of hydrogen-bond acceptors (Lipinski definition) is 7. The van der Waals surface area contributed by atoms with Crippen molar-refractivity contribution in [3.8, 4) is 0 Å². The molecule has 0 unspecified atom stereocenters. The Kier molecular flexibility index (Phi) is 4.19. The SMILES string of the molecule is Cc1cscc1CNc1nc(N)nc(N2CCCCC2)n1. The average Bonchev–Trinajstić information content (AvgIpc) is 2.91. The van der Waals surface area contributed by atoms with Gasteiger partial charge in [-0.2, -0.15) is 26.3 Å². The van der Waals surface area contributed by atoms with E-state index in [2.05, 4.69) is 42.9 Å². The Labute approximate surface area is 128 Å². The highest BCUT2D eigenvalue weighted by Gasteiger charge is 2.15. The first kappa shape index (κ1) is 14.1. The van der Waals surface area contributed by atoms with E-state index < -0.39 is 0 Å². The van der Waals surface area contributed by atoms with Crippen LogP contribution in [0, 0.1) is 6.92 Å². The quantitative estimate of drug-likeness (QED) is 0.903. The number of thiophene rings is 1. The van der Waals surface area contributed by atoms with E-state index in [0.29, 0.717) is 18.4 Å². The minimum atomic E-state index is 0.273. The van der Waals surface area contributed by atoms with Crippen LogP contribution in [0.5, 0.6) is 0 Å². The van der Waals surface area contributed by atoms with Crippen LogP contribution in [0.3, 0.4) is 0 Å². The smallest absolute Gasteiger partial charge is 0.231 e. The average molecular weight is 304 g/mol. The van der Waals surface area contributed by atoms with Crippen molar-refractivity contribution in [1.82, 2.24) is 15.0 Å². The van der Waals surface area contributed by atoms with E-state index in [1.54, 1.807) is 11.3 Å². The fourth-order valence-electron chi connectivity index (χ4n) is 2.44. The Bertz CT molecular complexity index is 605. The molecule has 0 bridgehead atoms. The van der Waals surface area contributed by atoms with E-state index in [0.717, 1.165) is 13.1 Å². The summed E-state index contributed by atoms with van der Waals surface area (Å²) >= 11 is 1.70. The van der Waals surface area contributed by atoms with Gasteiger partial charge in [-0.25, -0.2) is 0 Å². The van der Waals surface area contributed by atoms with Gasteiger partial charge in [-0.05, 0) is 48.1 Å². The van der Waals surface area contributed by atoms with Crippen LogP contribution in [0.25, 0.3) is 0 Å². The summed E-state index contributed by atoms with van der Waals surface area (Å²) in [5.74, 6) is 1.51. The van der Waals surface area contributed by atoms with Crippen LogP contribution < -0.4 is 16.0 Å². The normalized spacial score (nSPS) is 15.2. The number of nitrogen functional groups attached to an aromatic ring is 1. The van der Waals surface area contributed by atoms with Gasteiger partial charge in [0.15, 0.2) is 0 Å². The van der Waals surface area contributed by atoms with Gasteiger partial charge >= 0.3 is 0 Å². The Hall–Kier alpha value is -1.89. The maximum absolute atomic E-state index is 5.82. The molecule has 0 aromatic carbocycles. The van der Waals surface area contributed by atoms with Crippen LogP contribution in [-0.2, 0) is 6.54 Å². The summed E-state index contributed by atoms with van der Waals surface area (Å²) in [5.41, 5.74) is 8.36. The van der Waals surface area contributed by atoms with Crippen molar-refractivity contribution in [2.24, 2.45) is 0 Å². The van der Waals surface area contributed by atoms with Crippen molar-refractivity contribution >= 4 is 29.2 Å². The molecule has 1 aliphatic heterocycles. The van der Waals surface area contributed by atoms with Crippen LogP contribution >= 0.6 is 11.3 Å². The zero-order chi connectivity index (χ0) is 14.7. The van der Waals surface area contributed by atoms with Crippen molar-refractivity contribution in [1.29, 1.82) is 0 Å². The van der Waals surface area contributed by atoms with Gasteiger partial charge in [0, 0.05) is 19.6 Å². The number of nitrogens with one attached hydrogen (secondary N) is 1. The summed E-state index contributed by atoms with van der Waals surface area (Å²) in [7, 11) is 0. The molecule has 2 aromatic heterocycles. The number of nitrogens with two attached hydrogens (primary N) is 1. The number of piperidine rings is 1.